The third-order valence-electron chi connectivity index (χ3n) is 3.91. The predicted octanol–water partition coefficient (Wildman–Crippen LogP) is 1.33. The minimum atomic E-state index is -0.569. The van der Waals surface area contributed by atoms with E-state index in [1.807, 2.05) is 13.8 Å². The Balaban J connectivity index is 2.27. The number of nitrogens with one attached hydrogen (secondary N) is 2. The molecule has 0 radical (unpaired) electrons. The van der Waals surface area contributed by atoms with Gasteiger partial charge < -0.3 is 16.4 Å². The number of nitrogens with two attached hydrogens (primary N) is 1. The van der Waals surface area contributed by atoms with Crippen molar-refractivity contribution in [1.29, 1.82) is 0 Å². The van der Waals surface area contributed by atoms with E-state index >= 15 is 0 Å². The Kier molecular flexibility index (Phi) is 6.06. The second-order valence-corrected chi connectivity index (χ2v) is 5.97. The lowest BCUT2D eigenvalue weighted by Crippen LogP contribution is -2.33. The Morgan fingerprint density at radius 3 is 2.42 bits per heavy atom. The Labute approximate surface area is 152 Å². The standard InChI is InChI=1S/C19H22N4O3/c1-11-9-16(18(20)25)17(23-12(11)2)14-5-4-6-15(10-14)19(26)22-8-7-21-13(3)24/h4-6,9-10H,7-8H2,1-3H3,(H2,20,25)(H,21,24)(H,22,26). The normalized spacial score (nSPS) is 10.3. The molecule has 1 heterocycles. The molecule has 2 aromatic rings. The van der Waals surface area contributed by atoms with Gasteiger partial charge >= 0.3 is 0 Å². The molecule has 7 nitrogen and oxygen atoms in total. The number of amides is 3. The smallest absolute Gasteiger partial charge is 0.251 e. The molecule has 0 saturated heterocycles. The summed E-state index contributed by atoms with van der Waals surface area (Å²) >= 11 is 0. The highest BCUT2D eigenvalue weighted by Crippen LogP contribution is 2.24. The van der Waals surface area contributed by atoms with E-state index in [-0.39, 0.29) is 11.8 Å². The summed E-state index contributed by atoms with van der Waals surface area (Å²) in [5, 5.41) is 5.33. The van der Waals surface area contributed by atoms with Crippen molar-refractivity contribution in [2.75, 3.05) is 13.1 Å². The van der Waals surface area contributed by atoms with Crippen molar-refractivity contribution >= 4 is 17.7 Å². The predicted molar refractivity (Wildman–Crippen MR) is 98.7 cm³/mol. The molecule has 0 bridgehead atoms. The maximum atomic E-state index is 12.3. The van der Waals surface area contributed by atoms with Crippen molar-refractivity contribution in [3.05, 3.63) is 52.7 Å². The zero-order valence-corrected chi connectivity index (χ0v) is 15.1. The quantitative estimate of drug-likeness (QED) is 0.679. The molecular weight excluding hydrogens is 332 g/mol. The number of primary amides is 1. The van der Waals surface area contributed by atoms with Gasteiger partial charge in [-0.05, 0) is 37.6 Å². The van der Waals surface area contributed by atoms with Crippen LogP contribution in [0.1, 0.15) is 38.9 Å². The van der Waals surface area contributed by atoms with Gasteiger partial charge in [-0.2, -0.15) is 0 Å². The highest BCUT2D eigenvalue weighted by atomic mass is 16.2. The lowest BCUT2D eigenvalue weighted by atomic mass is 10.0. The third kappa shape index (κ3) is 4.66. The molecule has 26 heavy (non-hydrogen) atoms. The fraction of sp³-hybridized carbons (Fsp3) is 0.263. The maximum absolute atomic E-state index is 12.3. The topological polar surface area (TPSA) is 114 Å². The van der Waals surface area contributed by atoms with Crippen LogP contribution in [0.5, 0.6) is 0 Å². The second kappa shape index (κ2) is 8.24. The number of aromatic nitrogens is 1. The van der Waals surface area contributed by atoms with Crippen molar-refractivity contribution in [1.82, 2.24) is 15.6 Å². The number of aryl methyl sites for hydroxylation is 2. The Bertz CT molecular complexity index is 862. The molecule has 0 spiro atoms. The van der Waals surface area contributed by atoms with Crippen LogP contribution < -0.4 is 16.4 Å². The highest BCUT2D eigenvalue weighted by Gasteiger charge is 2.15. The van der Waals surface area contributed by atoms with Gasteiger partial charge in [0, 0.05) is 36.8 Å². The van der Waals surface area contributed by atoms with E-state index in [0.717, 1.165) is 11.3 Å². The number of pyridine rings is 1. The van der Waals surface area contributed by atoms with Crippen LogP contribution >= 0.6 is 0 Å². The van der Waals surface area contributed by atoms with Crippen LogP contribution in [0, 0.1) is 13.8 Å². The van der Waals surface area contributed by atoms with Crippen molar-refractivity contribution < 1.29 is 14.4 Å². The Morgan fingerprint density at radius 1 is 1.08 bits per heavy atom. The number of nitrogens with zero attached hydrogens (tertiary/aromatic N) is 1. The van der Waals surface area contributed by atoms with Crippen LogP contribution in [0.25, 0.3) is 11.3 Å². The molecule has 1 aromatic carbocycles. The number of hydrogen-bond acceptors (Lipinski definition) is 4. The minimum absolute atomic E-state index is 0.152. The third-order valence-corrected chi connectivity index (χ3v) is 3.91. The van der Waals surface area contributed by atoms with Crippen molar-refractivity contribution in [2.24, 2.45) is 5.73 Å². The zero-order valence-electron chi connectivity index (χ0n) is 15.1. The molecular formula is C19H22N4O3. The molecule has 1 aromatic heterocycles. The van der Waals surface area contributed by atoms with E-state index in [2.05, 4.69) is 15.6 Å². The molecule has 136 valence electrons. The largest absolute Gasteiger partial charge is 0.366 e. The first-order chi connectivity index (χ1) is 12.3. The first kappa shape index (κ1) is 19.1. The monoisotopic (exact) mass is 354 g/mol. The van der Waals surface area contributed by atoms with Gasteiger partial charge in [0.1, 0.15) is 0 Å². The molecule has 2 rings (SSSR count). The van der Waals surface area contributed by atoms with E-state index in [4.69, 9.17) is 5.73 Å². The van der Waals surface area contributed by atoms with E-state index in [1.54, 1.807) is 30.3 Å². The van der Waals surface area contributed by atoms with Gasteiger partial charge in [0.2, 0.25) is 5.91 Å². The van der Waals surface area contributed by atoms with Crippen LogP contribution in [-0.2, 0) is 4.79 Å². The first-order valence-corrected chi connectivity index (χ1v) is 8.20. The fourth-order valence-corrected chi connectivity index (χ4v) is 2.44. The van der Waals surface area contributed by atoms with Crippen LogP contribution in [0.3, 0.4) is 0 Å². The molecule has 0 saturated carbocycles. The van der Waals surface area contributed by atoms with E-state index in [0.29, 0.717) is 35.5 Å². The maximum Gasteiger partial charge on any atom is 0.251 e. The molecule has 3 amide bonds. The van der Waals surface area contributed by atoms with Gasteiger partial charge in [-0.1, -0.05) is 12.1 Å². The van der Waals surface area contributed by atoms with E-state index in [9.17, 15) is 14.4 Å². The average molecular weight is 354 g/mol. The number of carbonyl (C=O) groups excluding carboxylic acids is 3. The van der Waals surface area contributed by atoms with Crippen LogP contribution in [0.15, 0.2) is 30.3 Å². The summed E-state index contributed by atoms with van der Waals surface area (Å²) in [4.78, 5) is 39.4. The number of hydrogen-bond donors (Lipinski definition) is 3. The van der Waals surface area contributed by atoms with E-state index in [1.165, 1.54) is 6.92 Å². The molecule has 0 fully saturated rings. The summed E-state index contributed by atoms with van der Waals surface area (Å²) < 4.78 is 0. The lowest BCUT2D eigenvalue weighted by Gasteiger charge is -2.11. The van der Waals surface area contributed by atoms with Gasteiger partial charge in [-0.3, -0.25) is 19.4 Å². The molecule has 4 N–H and O–H groups in total. The minimum Gasteiger partial charge on any atom is -0.366 e. The summed E-state index contributed by atoms with van der Waals surface area (Å²) in [5.74, 6) is -0.997. The van der Waals surface area contributed by atoms with Gasteiger partial charge in [0.25, 0.3) is 11.8 Å². The average Bonchev–Trinajstić information content (AvgIpc) is 2.60. The summed E-state index contributed by atoms with van der Waals surface area (Å²) in [6.07, 6.45) is 0. The molecule has 0 aliphatic rings. The number of carbonyl (C=O) groups is 3. The summed E-state index contributed by atoms with van der Waals surface area (Å²) in [7, 11) is 0. The molecule has 7 heteroatoms. The van der Waals surface area contributed by atoms with Gasteiger partial charge in [0.15, 0.2) is 0 Å². The lowest BCUT2D eigenvalue weighted by molar-refractivity contribution is -0.118. The van der Waals surface area contributed by atoms with Gasteiger partial charge in [-0.15, -0.1) is 0 Å². The van der Waals surface area contributed by atoms with Crippen LogP contribution in [0.2, 0.25) is 0 Å². The van der Waals surface area contributed by atoms with E-state index < -0.39 is 5.91 Å². The first-order valence-electron chi connectivity index (χ1n) is 8.20. The molecule has 0 aliphatic carbocycles. The van der Waals surface area contributed by atoms with Crippen molar-refractivity contribution in [3.63, 3.8) is 0 Å². The summed E-state index contributed by atoms with van der Waals surface area (Å²) in [6, 6.07) is 8.54. The Morgan fingerprint density at radius 2 is 1.77 bits per heavy atom. The summed E-state index contributed by atoms with van der Waals surface area (Å²) in [5.41, 5.74) is 8.97. The second-order valence-electron chi connectivity index (χ2n) is 5.97. The van der Waals surface area contributed by atoms with Gasteiger partial charge in [0.05, 0.1) is 11.3 Å². The molecule has 0 atom stereocenters. The summed E-state index contributed by atoms with van der Waals surface area (Å²) in [6.45, 7) is 5.79. The van der Waals surface area contributed by atoms with Crippen LogP contribution in [0.4, 0.5) is 0 Å². The molecule has 0 unspecified atom stereocenters. The highest BCUT2D eigenvalue weighted by molar-refractivity contribution is 6.00. The fourth-order valence-electron chi connectivity index (χ4n) is 2.44. The van der Waals surface area contributed by atoms with Gasteiger partial charge in [-0.25, -0.2) is 0 Å². The number of rotatable bonds is 6. The zero-order chi connectivity index (χ0) is 19.3. The van der Waals surface area contributed by atoms with Crippen LogP contribution in [-0.4, -0.2) is 35.8 Å². The number of benzene rings is 1. The SMILES string of the molecule is CC(=O)NCCNC(=O)c1cccc(-c2nc(C)c(C)cc2C(N)=O)c1. The van der Waals surface area contributed by atoms with Crippen molar-refractivity contribution in [3.8, 4) is 11.3 Å². The molecule has 0 aliphatic heterocycles. The Hall–Kier alpha value is -3.22. The van der Waals surface area contributed by atoms with Crippen molar-refractivity contribution in [2.45, 2.75) is 20.8 Å².